The van der Waals surface area contributed by atoms with Crippen LogP contribution in [-0.4, -0.2) is 27.1 Å². The number of carbonyl (C=O) groups is 1. The average molecular weight is 284 g/mol. The first-order chi connectivity index (χ1) is 10.2. The SMILES string of the molecule is CC(C)n1ncnc1CC(=O)C1CCNc2ccccc21. The fourth-order valence-corrected chi connectivity index (χ4v) is 2.91. The summed E-state index contributed by atoms with van der Waals surface area (Å²) in [6, 6.07) is 8.27. The third-order valence-electron chi connectivity index (χ3n) is 3.94. The Morgan fingerprint density at radius 2 is 2.24 bits per heavy atom. The Bertz CT molecular complexity index is 647. The second-order valence-electron chi connectivity index (χ2n) is 5.71. The van der Waals surface area contributed by atoms with Gasteiger partial charge in [0.2, 0.25) is 0 Å². The van der Waals surface area contributed by atoms with Crippen LogP contribution in [0.1, 0.15) is 43.6 Å². The van der Waals surface area contributed by atoms with Crippen LogP contribution in [0.15, 0.2) is 30.6 Å². The standard InChI is InChI=1S/C16H20N4O/c1-11(2)20-16(18-10-19-20)9-15(21)13-7-8-17-14-6-4-3-5-12(13)14/h3-6,10-11,13,17H,7-9H2,1-2H3. The van der Waals surface area contributed by atoms with Gasteiger partial charge in [-0.2, -0.15) is 5.10 Å². The topological polar surface area (TPSA) is 59.8 Å². The summed E-state index contributed by atoms with van der Waals surface area (Å²) in [6.07, 6.45) is 2.71. The molecule has 1 aromatic heterocycles. The minimum Gasteiger partial charge on any atom is -0.385 e. The summed E-state index contributed by atoms with van der Waals surface area (Å²) in [5.41, 5.74) is 2.18. The van der Waals surface area contributed by atoms with Crippen molar-refractivity contribution < 1.29 is 4.79 Å². The Morgan fingerprint density at radius 3 is 3.05 bits per heavy atom. The van der Waals surface area contributed by atoms with Crippen LogP contribution in [0.2, 0.25) is 0 Å². The van der Waals surface area contributed by atoms with Crippen LogP contribution >= 0.6 is 0 Å². The Labute approximate surface area is 124 Å². The van der Waals surface area contributed by atoms with E-state index in [4.69, 9.17) is 0 Å². The summed E-state index contributed by atoms with van der Waals surface area (Å²) in [7, 11) is 0. The van der Waals surface area contributed by atoms with Gasteiger partial charge in [0, 0.05) is 24.2 Å². The lowest BCUT2D eigenvalue weighted by atomic mass is 9.86. The summed E-state index contributed by atoms with van der Waals surface area (Å²) < 4.78 is 1.82. The average Bonchev–Trinajstić information content (AvgIpc) is 2.95. The van der Waals surface area contributed by atoms with Gasteiger partial charge in [-0.1, -0.05) is 18.2 Å². The first-order valence-corrected chi connectivity index (χ1v) is 7.40. The number of hydrogen-bond donors (Lipinski definition) is 1. The molecule has 1 aliphatic heterocycles. The zero-order valence-corrected chi connectivity index (χ0v) is 12.4. The molecule has 2 heterocycles. The lowest BCUT2D eigenvalue weighted by molar-refractivity contribution is -0.120. The molecule has 1 N–H and O–H groups in total. The first kappa shape index (κ1) is 13.8. The van der Waals surface area contributed by atoms with E-state index < -0.39 is 0 Å². The number of rotatable bonds is 4. The monoisotopic (exact) mass is 284 g/mol. The van der Waals surface area contributed by atoms with Gasteiger partial charge in [-0.25, -0.2) is 9.67 Å². The predicted molar refractivity (Wildman–Crippen MR) is 81.4 cm³/mol. The number of benzene rings is 1. The number of nitrogens with one attached hydrogen (secondary N) is 1. The maximum absolute atomic E-state index is 12.7. The molecule has 5 heteroatoms. The van der Waals surface area contributed by atoms with Crippen LogP contribution in [0.5, 0.6) is 0 Å². The van der Waals surface area contributed by atoms with Crippen molar-refractivity contribution in [2.75, 3.05) is 11.9 Å². The molecule has 1 unspecified atom stereocenters. The summed E-state index contributed by atoms with van der Waals surface area (Å²) in [5, 5.41) is 7.55. The molecule has 0 amide bonds. The number of fused-ring (bicyclic) bond motifs is 1. The number of anilines is 1. The number of hydrogen-bond acceptors (Lipinski definition) is 4. The van der Waals surface area contributed by atoms with Gasteiger partial charge >= 0.3 is 0 Å². The van der Waals surface area contributed by atoms with E-state index in [1.807, 2.05) is 42.8 Å². The molecule has 1 aliphatic rings. The lowest BCUT2D eigenvalue weighted by Crippen LogP contribution is -2.25. The minimum atomic E-state index is -0.0419. The molecule has 0 saturated heterocycles. The fourth-order valence-electron chi connectivity index (χ4n) is 2.91. The first-order valence-electron chi connectivity index (χ1n) is 7.40. The molecule has 2 aromatic rings. The van der Waals surface area contributed by atoms with Gasteiger partial charge in [-0.3, -0.25) is 4.79 Å². The van der Waals surface area contributed by atoms with E-state index in [0.29, 0.717) is 6.42 Å². The Hall–Kier alpha value is -2.17. The highest BCUT2D eigenvalue weighted by atomic mass is 16.1. The number of carbonyl (C=O) groups excluding carboxylic acids is 1. The van der Waals surface area contributed by atoms with Gasteiger partial charge in [0.25, 0.3) is 0 Å². The molecule has 110 valence electrons. The van der Waals surface area contributed by atoms with E-state index >= 15 is 0 Å². The normalized spacial score (nSPS) is 17.4. The van der Waals surface area contributed by atoms with Gasteiger partial charge in [0.15, 0.2) is 0 Å². The molecule has 5 nitrogen and oxygen atoms in total. The third-order valence-corrected chi connectivity index (χ3v) is 3.94. The second-order valence-corrected chi connectivity index (χ2v) is 5.71. The molecule has 0 radical (unpaired) electrons. The minimum absolute atomic E-state index is 0.0419. The van der Waals surface area contributed by atoms with Crippen molar-refractivity contribution in [3.8, 4) is 0 Å². The zero-order chi connectivity index (χ0) is 14.8. The number of ketones is 1. The Morgan fingerprint density at radius 1 is 1.43 bits per heavy atom. The zero-order valence-electron chi connectivity index (χ0n) is 12.4. The highest BCUT2D eigenvalue weighted by Crippen LogP contribution is 2.32. The predicted octanol–water partition coefficient (Wildman–Crippen LogP) is 2.57. The van der Waals surface area contributed by atoms with Gasteiger partial charge in [0.05, 0.1) is 6.42 Å². The number of nitrogens with zero attached hydrogens (tertiary/aromatic N) is 3. The van der Waals surface area contributed by atoms with E-state index in [1.54, 1.807) is 0 Å². The van der Waals surface area contributed by atoms with Crippen LogP contribution in [-0.2, 0) is 11.2 Å². The van der Waals surface area contributed by atoms with Crippen LogP contribution in [0.3, 0.4) is 0 Å². The molecular weight excluding hydrogens is 264 g/mol. The van der Waals surface area contributed by atoms with Crippen LogP contribution in [0.4, 0.5) is 5.69 Å². The molecule has 0 bridgehead atoms. The number of aromatic nitrogens is 3. The van der Waals surface area contributed by atoms with Crippen molar-refractivity contribution in [1.82, 2.24) is 14.8 Å². The van der Waals surface area contributed by atoms with Gasteiger partial charge in [-0.05, 0) is 31.9 Å². The summed E-state index contributed by atoms with van der Waals surface area (Å²) in [4.78, 5) is 16.9. The highest BCUT2D eigenvalue weighted by Gasteiger charge is 2.27. The molecule has 21 heavy (non-hydrogen) atoms. The largest absolute Gasteiger partial charge is 0.385 e. The molecule has 0 saturated carbocycles. The van der Waals surface area contributed by atoms with Crippen LogP contribution < -0.4 is 5.32 Å². The maximum atomic E-state index is 12.7. The summed E-state index contributed by atoms with van der Waals surface area (Å²) >= 11 is 0. The lowest BCUT2D eigenvalue weighted by Gasteiger charge is -2.25. The molecule has 0 fully saturated rings. The van der Waals surface area contributed by atoms with Crippen molar-refractivity contribution in [2.24, 2.45) is 0 Å². The second kappa shape index (κ2) is 5.68. The molecule has 3 rings (SSSR count). The summed E-state index contributed by atoms with van der Waals surface area (Å²) in [6.45, 7) is 4.93. The van der Waals surface area contributed by atoms with Gasteiger partial charge in [0.1, 0.15) is 17.9 Å². The van der Waals surface area contributed by atoms with Crippen molar-refractivity contribution in [3.63, 3.8) is 0 Å². The molecular formula is C16H20N4O. The highest BCUT2D eigenvalue weighted by molar-refractivity contribution is 5.89. The van der Waals surface area contributed by atoms with Crippen LogP contribution in [0, 0.1) is 0 Å². The third kappa shape index (κ3) is 2.68. The molecule has 0 spiro atoms. The van der Waals surface area contributed by atoms with Crippen molar-refractivity contribution in [1.29, 1.82) is 0 Å². The Balaban J connectivity index is 1.82. The Kier molecular flexibility index (Phi) is 3.73. The fraction of sp³-hybridized carbons (Fsp3) is 0.438. The van der Waals surface area contributed by atoms with E-state index in [9.17, 15) is 4.79 Å². The number of para-hydroxylation sites is 1. The quantitative estimate of drug-likeness (QED) is 0.937. The van der Waals surface area contributed by atoms with Gasteiger partial charge in [-0.15, -0.1) is 0 Å². The van der Waals surface area contributed by atoms with E-state index in [2.05, 4.69) is 15.4 Å². The number of Topliss-reactive ketones (excluding diaryl/α,β-unsaturated/α-hetero) is 1. The van der Waals surface area contributed by atoms with E-state index in [-0.39, 0.29) is 17.7 Å². The van der Waals surface area contributed by atoms with E-state index in [1.165, 1.54) is 6.33 Å². The van der Waals surface area contributed by atoms with Crippen molar-refractivity contribution in [2.45, 2.75) is 38.6 Å². The molecule has 0 aliphatic carbocycles. The molecule has 1 atom stereocenters. The molecule has 1 aromatic carbocycles. The maximum Gasteiger partial charge on any atom is 0.148 e. The van der Waals surface area contributed by atoms with E-state index in [0.717, 1.165) is 30.0 Å². The summed E-state index contributed by atoms with van der Waals surface area (Å²) in [5.74, 6) is 0.935. The van der Waals surface area contributed by atoms with Crippen molar-refractivity contribution >= 4 is 11.5 Å². The van der Waals surface area contributed by atoms with Gasteiger partial charge < -0.3 is 5.32 Å². The smallest absolute Gasteiger partial charge is 0.148 e. The van der Waals surface area contributed by atoms with Crippen LogP contribution in [0.25, 0.3) is 0 Å². The van der Waals surface area contributed by atoms with Crippen molar-refractivity contribution in [3.05, 3.63) is 42.0 Å².